The number of ether oxygens (including phenoxy) is 1. The zero-order valence-corrected chi connectivity index (χ0v) is 16.8. The predicted molar refractivity (Wildman–Crippen MR) is 110 cm³/mol. The molecule has 1 aliphatic heterocycles. The van der Waals surface area contributed by atoms with E-state index in [4.69, 9.17) is 4.74 Å². The Hall–Kier alpha value is -3.08. The van der Waals surface area contributed by atoms with Gasteiger partial charge in [0.1, 0.15) is 6.33 Å². The average molecular weight is 428 g/mol. The van der Waals surface area contributed by atoms with Crippen molar-refractivity contribution in [3.8, 4) is 0 Å². The van der Waals surface area contributed by atoms with Gasteiger partial charge in [0.25, 0.3) is 11.5 Å². The summed E-state index contributed by atoms with van der Waals surface area (Å²) in [6.07, 6.45) is 2.87. The molecule has 2 heterocycles. The van der Waals surface area contributed by atoms with Gasteiger partial charge in [-0.3, -0.25) is 15.0 Å². The van der Waals surface area contributed by atoms with Gasteiger partial charge in [-0.1, -0.05) is 12.1 Å². The fourth-order valence-corrected chi connectivity index (χ4v) is 4.27. The standard InChI is InChI=1S/C20H20N4O5S/c25-19(23-24-13-21-18-6-2-1-5-17(18)20(24)26)14-7-9-16(10-8-14)30(27,28)22-12-15-4-3-11-29-15/h1-2,5-10,13,15,22H,3-4,11-12H2,(H,23,25). The minimum absolute atomic E-state index is 0.0431. The quantitative estimate of drug-likeness (QED) is 0.610. The molecule has 0 aliphatic carbocycles. The lowest BCUT2D eigenvalue weighted by molar-refractivity contribution is 0.101. The molecule has 1 amide bonds. The Kier molecular flexibility index (Phi) is 5.62. The fraction of sp³-hybridized carbons (Fsp3) is 0.250. The van der Waals surface area contributed by atoms with Crippen LogP contribution in [0.1, 0.15) is 23.2 Å². The molecule has 1 aromatic heterocycles. The third kappa shape index (κ3) is 4.25. The third-order valence-corrected chi connectivity index (χ3v) is 6.28. The van der Waals surface area contributed by atoms with E-state index in [-0.39, 0.29) is 23.1 Å². The highest BCUT2D eigenvalue weighted by molar-refractivity contribution is 7.89. The maximum absolute atomic E-state index is 12.5. The van der Waals surface area contributed by atoms with Crippen molar-refractivity contribution < 1.29 is 17.9 Å². The second-order valence-corrected chi connectivity index (χ2v) is 8.66. The van der Waals surface area contributed by atoms with Crippen LogP contribution in [0.3, 0.4) is 0 Å². The molecule has 3 aromatic rings. The van der Waals surface area contributed by atoms with Gasteiger partial charge >= 0.3 is 0 Å². The smallest absolute Gasteiger partial charge is 0.280 e. The Labute approximate surface area is 172 Å². The second kappa shape index (κ2) is 8.34. The van der Waals surface area contributed by atoms with E-state index < -0.39 is 21.5 Å². The normalized spacial score (nSPS) is 16.6. The second-order valence-electron chi connectivity index (χ2n) is 6.89. The van der Waals surface area contributed by atoms with Gasteiger partial charge < -0.3 is 4.74 Å². The summed E-state index contributed by atoms with van der Waals surface area (Å²) in [7, 11) is -3.71. The minimum atomic E-state index is -3.71. The largest absolute Gasteiger partial charge is 0.377 e. The summed E-state index contributed by atoms with van der Waals surface area (Å²) >= 11 is 0. The number of aromatic nitrogens is 2. The molecule has 2 N–H and O–H groups in total. The van der Waals surface area contributed by atoms with E-state index in [2.05, 4.69) is 15.1 Å². The van der Waals surface area contributed by atoms with Gasteiger partial charge in [0, 0.05) is 18.7 Å². The first kappa shape index (κ1) is 20.2. The molecule has 0 spiro atoms. The predicted octanol–water partition coefficient (Wildman–Crippen LogP) is 1.24. The molecule has 156 valence electrons. The molecular weight excluding hydrogens is 408 g/mol. The Morgan fingerprint density at radius 2 is 1.93 bits per heavy atom. The number of sulfonamides is 1. The molecule has 30 heavy (non-hydrogen) atoms. The molecule has 0 radical (unpaired) electrons. The van der Waals surface area contributed by atoms with Crippen LogP contribution in [-0.4, -0.2) is 43.2 Å². The van der Waals surface area contributed by atoms with E-state index in [0.29, 0.717) is 17.5 Å². The lowest BCUT2D eigenvalue weighted by Crippen LogP contribution is -2.33. The van der Waals surface area contributed by atoms with E-state index in [1.54, 1.807) is 24.3 Å². The summed E-state index contributed by atoms with van der Waals surface area (Å²) in [6, 6.07) is 12.3. The van der Waals surface area contributed by atoms with Crippen molar-refractivity contribution in [3.05, 3.63) is 70.8 Å². The first-order chi connectivity index (χ1) is 14.4. The van der Waals surface area contributed by atoms with E-state index in [1.165, 1.54) is 30.6 Å². The van der Waals surface area contributed by atoms with Crippen molar-refractivity contribution >= 4 is 26.8 Å². The number of carbonyl (C=O) groups excluding carboxylic acids is 1. The molecule has 1 unspecified atom stereocenters. The molecular formula is C20H20N4O5S. The van der Waals surface area contributed by atoms with E-state index in [9.17, 15) is 18.0 Å². The number of hydrogen-bond donors (Lipinski definition) is 2. The van der Waals surface area contributed by atoms with Crippen LogP contribution in [0.15, 0.2) is 64.5 Å². The van der Waals surface area contributed by atoms with Crippen LogP contribution in [0.5, 0.6) is 0 Å². The highest BCUT2D eigenvalue weighted by atomic mass is 32.2. The third-order valence-electron chi connectivity index (χ3n) is 4.84. The van der Waals surface area contributed by atoms with E-state index >= 15 is 0 Å². The van der Waals surface area contributed by atoms with Crippen molar-refractivity contribution in [3.63, 3.8) is 0 Å². The summed E-state index contributed by atoms with van der Waals surface area (Å²) < 4.78 is 33.8. The number of nitrogens with one attached hydrogen (secondary N) is 2. The number of hydrogen-bond acceptors (Lipinski definition) is 6. The van der Waals surface area contributed by atoms with Crippen LogP contribution in [0.4, 0.5) is 0 Å². The number of nitrogens with zero attached hydrogens (tertiary/aromatic N) is 2. The van der Waals surface area contributed by atoms with Gasteiger partial charge in [-0.05, 0) is 49.2 Å². The Morgan fingerprint density at radius 3 is 2.67 bits per heavy atom. The molecule has 1 atom stereocenters. The molecule has 0 saturated carbocycles. The van der Waals surface area contributed by atoms with Crippen molar-refractivity contribution in [2.24, 2.45) is 0 Å². The van der Waals surface area contributed by atoms with Gasteiger partial charge in [-0.15, -0.1) is 0 Å². The van der Waals surface area contributed by atoms with Crippen molar-refractivity contribution in [1.82, 2.24) is 14.4 Å². The van der Waals surface area contributed by atoms with Crippen LogP contribution in [-0.2, 0) is 14.8 Å². The summed E-state index contributed by atoms with van der Waals surface area (Å²) in [5.74, 6) is -0.564. The lowest BCUT2D eigenvalue weighted by Gasteiger charge is -2.12. The number of rotatable bonds is 6. The van der Waals surface area contributed by atoms with Crippen molar-refractivity contribution in [2.45, 2.75) is 23.8 Å². The van der Waals surface area contributed by atoms with Crippen molar-refractivity contribution in [2.75, 3.05) is 18.6 Å². The molecule has 9 nitrogen and oxygen atoms in total. The molecule has 4 rings (SSSR count). The highest BCUT2D eigenvalue weighted by Gasteiger charge is 2.20. The molecule has 1 fully saturated rings. The molecule has 1 aliphatic rings. The number of para-hydroxylation sites is 1. The Bertz CT molecular complexity index is 1230. The first-order valence-corrected chi connectivity index (χ1v) is 10.9. The molecule has 2 aromatic carbocycles. The van der Waals surface area contributed by atoms with Gasteiger partial charge in [-0.25, -0.2) is 22.8 Å². The monoisotopic (exact) mass is 428 g/mol. The van der Waals surface area contributed by atoms with Crippen LogP contribution in [0.25, 0.3) is 10.9 Å². The minimum Gasteiger partial charge on any atom is -0.377 e. The Morgan fingerprint density at radius 1 is 1.17 bits per heavy atom. The summed E-state index contributed by atoms with van der Waals surface area (Å²) in [6.45, 7) is 0.856. The zero-order chi connectivity index (χ0) is 21.1. The zero-order valence-electron chi connectivity index (χ0n) is 15.9. The van der Waals surface area contributed by atoms with Crippen LogP contribution < -0.4 is 15.7 Å². The molecule has 0 bridgehead atoms. The topological polar surface area (TPSA) is 119 Å². The van der Waals surface area contributed by atoms with Gasteiger partial charge in [0.2, 0.25) is 10.0 Å². The maximum atomic E-state index is 12.5. The number of benzene rings is 2. The average Bonchev–Trinajstić information content (AvgIpc) is 3.28. The number of amides is 1. The number of fused-ring (bicyclic) bond motifs is 1. The van der Waals surface area contributed by atoms with Gasteiger partial charge in [-0.2, -0.15) is 0 Å². The summed E-state index contributed by atoms with van der Waals surface area (Å²) in [5.41, 5.74) is 2.78. The lowest BCUT2D eigenvalue weighted by atomic mass is 10.2. The van der Waals surface area contributed by atoms with Crippen LogP contribution in [0, 0.1) is 0 Å². The SMILES string of the molecule is O=C(Nn1cnc2ccccc2c1=O)c1ccc(S(=O)(=O)NCC2CCCO2)cc1. The van der Waals surface area contributed by atoms with Crippen LogP contribution in [0.2, 0.25) is 0 Å². The van der Waals surface area contributed by atoms with E-state index in [1.807, 2.05) is 0 Å². The molecule has 10 heteroatoms. The van der Waals surface area contributed by atoms with Crippen LogP contribution >= 0.6 is 0 Å². The van der Waals surface area contributed by atoms with Gasteiger partial charge in [0.05, 0.1) is 21.9 Å². The van der Waals surface area contributed by atoms with Crippen molar-refractivity contribution in [1.29, 1.82) is 0 Å². The Balaban J connectivity index is 1.46. The van der Waals surface area contributed by atoms with Gasteiger partial charge in [0.15, 0.2) is 0 Å². The maximum Gasteiger partial charge on any atom is 0.280 e. The summed E-state index contributed by atoms with van der Waals surface area (Å²) in [5, 5.41) is 0.374. The highest BCUT2D eigenvalue weighted by Crippen LogP contribution is 2.14. The fourth-order valence-electron chi connectivity index (χ4n) is 3.20. The number of carbonyl (C=O) groups is 1. The molecule has 1 saturated heterocycles. The summed E-state index contributed by atoms with van der Waals surface area (Å²) in [4.78, 5) is 29.1. The first-order valence-electron chi connectivity index (χ1n) is 9.43. The van der Waals surface area contributed by atoms with E-state index in [0.717, 1.165) is 17.5 Å².